The van der Waals surface area contributed by atoms with Gasteiger partial charge in [0.25, 0.3) is 0 Å². The van der Waals surface area contributed by atoms with E-state index in [9.17, 15) is 9.59 Å². The van der Waals surface area contributed by atoms with Gasteiger partial charge in [-0.1, -0.05) is 5.16 Å². The van der Waals surface area contributed by atoms with E-state index < -0.39 is 0 Å². The summed E-state index contributed by atoms with van der Waals surface area (Å²) in [6.07, 6.45) is 0.362. The van der Waals surface area contributed by atoms with Crippen molar-refractivity contribution in [1.82, 2.24) is 19.9 Å². The maximum atomic E-state index is 12.1. The molecule has 1 saturated heterocycles. The summed E-state index contributed by atoms with van der Waals surface area (Å²) in [4.78, 5) is 31.0. The lowest BCUT2D eigenvalue weighted by Gasteiger charge is -2.20. The first-order valence-corrected chi connectivity index (χ1v) is 8.58. The molecule has 1 aliphatic rings. The summed E-state index contributed by atoms with van der Waals surface area (Å²) in [5, 5.41) is 7.80. The second-order valence-corrected chi connectivity index (χ2v) is 6.22. The number of nitrogens with zero attached hydrogens (tertiary/aromatic N) is 4. The average Bonchev–Trinajstić information content (AvgIpc) is 3.31. The number of cyclic esters (lactones) is 1. The van der Waals surface area contributed by atoms with Crippen molar-refractivity contribution in [1.29, 1.82) is 0 Å². The van der Waals surface area contributed by atoms with Gasteiger partial charge in [-0.25, -0.2) is 4.79 Å². The minimum Gasteiger partial charge on any atom is -0.448 e. The zero-order valence-corrected chi connectivity index (χ0v) is 14.1. The topological polar surface area (TPSA) is 88.8 Å². The molecule has 0 spiro atoms. The number of rotatable bonds is 7. The van der Waals surface area contributed by atoms with Gasteiger partial charge in [0.15, 0.2) is 0 Å². The molecule has 0 bridgehead atoms. The minimum absolute atomic E-state index is 0.0298. The Bertz CT molecular complexity index is 700. The Kier molecular flexibility index (Phi) is 5.09. The first-order chi connectivity index (χ1) is 11.6. The van der Waals surface area contributed by atoms with Gasteiger partial charge in [-0.3, -0.25) is 4.79 Å². The van der Waals surface area contributed by atoms with Gasteiger partial charge in [-0.15, -0.1) is 0 Å². The summed E-state index contributed by atoms with van der Waals surface area (Å²) in [5.74, 6) is 0.957. The molecule has 2 aromatic rings. The van der Waals surface area contributed by atoms with E-state index in [0.717, 1.165) is 5.56 Å². The first-order valence-electron chi connectivity index (χ1n) is 7.64. The Morgan fingerprint density at radius 3 is 3.08 bits per heavy atom. The van der Waals surface area contributed by atoms with Crippen LogP contribution in [0.5, 0.6) is 0 Å². The SMILES string of the molecule is CN(CCN1CCOC1=O)C(=O)CCc1nc(-c2ccsc2)no1. The third-order valence-corrected chi connectivity index (χ3v) is 4.46. The van der Waals surface area contributed by atoms with E-state index in [1.807, 2.05) is 16.8 Å². The highest BCUT2D eigenvalue weighted by Gasteiger charge is 2.22. The average molecular weight is 350 g/mol. The van der Waals surface area contributed by atoms with Crippen molar-refractivity contribution in [3.05, 3.63) is 22.7 Å². The number of hydrogen-bond donors (Lipinski definition) is 0. The Morgan fingerprint density at radius 2 is 2.38 bits per heavy atom. The fourth-order valence-corrected chi connectivity index (χ4v) is 2.93. The highest BCUT2D eigenvalue weighted by atomic mass is 32.1. The Balaban J connectivity index is 1.44. The maximum Gasteiger partial charge on any atom is 0.409 e. The summed E-state index contributed by atoms with van der Waals surface area (Å²) < 4.78 is 10.0. The van der Waals surface area contributed by atoms with Crippen LogP contribution in [-0.2, 0) is 16.0 Å². The van der Waals surface area contributed by atoms with E-state index in [2.05, 4.69) is 10.1 Å². The van der Waals surface area contributed by atoms with Crippen LogP contribution in [0, 0.1) is 0 Å². The van der Waals surface area contributed by atoms with Crippen LogP contribution in [-0.4, -0.2) is 65.2 Å². The predicted molar refractivity (Wildman–Crippen MR) is 86.5 cm³/mol. The van der Waals surface area contributed by atoms with Gasteiger partial charge in [0.05, 0.1) is 6.54 Å². The van der Waals surface area contributed by atoms with Crippen molar-refractivity contribution >= 4 is 23.3 Å². The number of aryl methyl sites for hydroxylation is 1. The lowest BCUT2D eigenvalue weighted by molar-refractivity contribution is -0.130. The highest BCUT2D eigenvalue weighted by Crippen LogP contribution is 2.19. The molecule has 0 saturated carbocycles. The molecule has 1 aliphatic heterocycles. The van der Waals surface area contributed by atoms with Crippen LogP contribution in [0.25, 0.3) is 11.4 Å². The van der Waals surface area contributed by atoms with Crippen LogP contribution in [0.2, 0.25) is 0 Å². The number of thiophene rings is 1. The molecule has 128 valence electrons. The van der Waals surface area contributed by atoms with Crippen LogP contribution in [0.1, 0.15) is 12.3 Å². The zero-order chi connectivity index (χ0) is 16.9. The number of carbonyl (C=O) groups is 2. The molecule has 2 aromatic heterocycles. The number of hydrogen-bond acceptors (Lipinski definition) is 7. The summed E-state index contributed by atoms with van der Waals surface area (Å²) in [6.45, 7) is 1.94. The van der Waals surface area contributed by atoms with Crippen molar-refractivity contribution in [3.63, 3.8) is 0 Å². The summed E-state index contributed by atoms with van der Waals surface area (Å²) in [7, 11) is 1.72. The van der Waals surface area contributed by atoms with Gasteiger partial charge in [0.2, 0.25) is 17.6 Å². The van der Waals surface area contributed by atoms with E-state index in [4.69, 9.17) is 9.26 Å². The normalized spacial score (nSPS) is 14.0. The van der Waals surface area contributed by atoms with E-state index in [1.54, 1.807) is 28.2 Å². The molecule has 9 heteroatoms. The number of likely N-dealkylation sites (N-methyl/N-ethyl adjacent to an activating group) is 1. The number of aromatic nitrogens is 2. The molecule has 3 rings (SSSR count). The molecule has 3 heterocycles. The minimum atomic E-state index is -0.317. The molecule has 0 atom stereocenters. The molecule has 0 radical (unpaired) electrons. The summed E-state index contributed by atoms with van der Waals surface area (Å²) in [6, 6.07) is 1.92. The quantitative estimate of drug-likeness (QED) is 0.754. The number of carbonyl (C=O) groups excluding carboxylic acids is 2. The maximum absolute atomic E-state index is 12.1. The van der Waals surface area contributed by atoms with Crippen molar-refractivity contribution in [3.8, 4) is 11.4 Å². The molecule has 0 aromatic carbocycles. The number of ether oxygens (including phenoxy) is 1. The smallest absolute Gasteiger partial charge is 0.409 e. The second-order valence-electron chi connectivity index (χ2n) is 5.44. The van der Waals surface area contributed by atoms with Gasteiger partial charge in [-0.05, 0) is 11.4 Å². The van der Waals surface area contributed by atoms with E-state index in [0.29, 0.717) is 44.4 Å². The van der Waals surface area contributed by atoms with Gasteiger partial charge < -0.3 is 19.1 Å². The van der Waals surface area contributed by atoms with Crippen molar-refractivity contribution < 1.29 is 18.8 Å². The summed E-state index contributed by atoms with van der Waals surface area (Å²) in [5.41, 5.74) is 0.913. The van der Waals surface area contributed by atoms with Crippen LogP contribution in [0.4, 0.5) is 4.79 Å². The third kappa shape index (κ3) is 3.91. The zero-order valence-electron chi connectivity index (χ0n) is 13.3. The second kappa shape index (κ2) is 7.43. The molecule has 1 fully saturated rings. The molecule has 24 heavy (non-hydrogen) atoms. The van der Waals surface area contributed by atoms with Crippen LogP contribution >= 0.6 is 11.3 Å². The van der Waals surface area contributed by atoms with Gasteiger partial charge in [0, 0.05) is 43.9 Å². The Labute approximate surface area is 143 Å². The van der Waals surface area contributed by atoms with Crippen LogP contribution in [0.15, 0.2) is 21.3 Å². The van der Waals surface area contributed by atoms with E-state index in [1.165, 1.54) is 0 Å². The Hall–Kier alpha value is -2.42. The highest BCUT2D eigenvalue weighted by molar-refractivity contribution is 7.08. The molecule has 0 aliphatic carbocycles. The predicted octanol–water partition coefficient (Wildman–Crippen LogP) is 1.64. The molecule has 0 unspecified atom stereocenters. The van der Waals surface area contributed by atoms with Crippen molar-refractivity contribution in [2.24, 2.45) is 0 Å². The molecule has 8 nitrogen and oxygen atoms in total. The van der Waals surface area contributed by atoms with Gasteiger partial charge in [-0.2, -0.15) is 16.3 Å². The third-order valence-electron chi connectivity index (χ3n) is 3.78. The molecular formula is C15H18N4O4S. The molecule has 0 N–H and O–H groups in total. The monoisotopic (exact) mass is 350 g/mol. The number of amides is 2. The first kappa shape index (κ1) is 16.4. The van der Waals surface area contributed by atoms with Gasteiger partial charge >= 0.3 is 6.09 Å². The van der Waals surface area contributed by atoms with Crippen LogP contribution in [0.3, 0.4) is 0 Å². The largest absolute Gasteiger partial charge is 0.448 e. The Morgan fingerprint density at radius 1 is 1.50 bits per heavy atom. The van der Waals surface area contributed by atoms with Crippen molar-refractivity contribution in [2.45, 2.75) is 12.8 Å². The lowest BCUT2D eigenvalue weighted by atomic mass is 10.2. The molecular weight excluding hydrogens is 332 g/mol. The van der Waals surface area contributed by atoms with Crippen molar-refractivity contribution in [2.75, 3.05) is 33.3 Å². The van der Waals surface area contributed by atoms with Crippen LogP contribution < -0.4 is 0 Å². The van der Waals surface area contributed by atoms with E-state index >= 15 is 0 Å². The summed E-state index contributed by atoms with van der Waals surface area (Å²) >= 11 is 1.56. The fourth-order valence-electron chi connectivity index (χ4n) is 2.29. The van der Waals surface area contributed by atoms with Gasteiger partial charge in [0.1, 0.15) is 6.61 Å². The fraction of sp³-hybridized carbons (Fsp3) is 0.467. The molecule has 2 amide bonds. The lowest BCUT2D eigenvalue weighted by Crippen LogP contribution is -2.36. The standard InChI is InChI=1S/C15H18N4O4S/c1-18(5-6-19-7-8-22-15(19)21)13(20)3-2-12-16-14(17-23-12)11-4-9-24-10-11/h4,9-10H,2-3,5-8H2,1H3. The van der Waals surface area contributed by atoms with E-state index in [-0.39, 0.29) is 18.4 Å².